The fraction of sp³-hybridized carbons (Fsp3) is 0.200. The van der Waals surface area contributed by atoms with Crippen LogP contribution in [0.2, 0.25) is 5.02 Å². The molecule has 0 aliphatic heterocycles. The standard InChI is InChI=1S/C10H10ClNO2S/c1-15(13,14)12-7-3-5-9-4-2-6-10(11)8-9/h2,4,6,8,12H,7H2,1H3. The molecule has 0 radical (unpaired) electrons. The van der Waals surface area contributed by atoms with Gasteiger partial charge in [-0.25, -0.2) is 13.1 Å². The Bertz CT molecular complexity index is 500. The first kappa shape index (κ1) is 12.1. The average molecular weight is 244 g/mol. The van der Waals surface area contributed by atoms with Gasteiger partial charge in [0, 0.05) is 10.6 Å². The fourth-order valence-corrected chi connectivity index (χ4v) is 1.40. The molecule has 1 aromatic rings. The maximum atomic E-state index is 10.7. The first-order valence-electron chi connectivity index (χ1n) is 4.16. The first-order chi connectivity index (χ1) is 6.97. The minimum Gasteiger partial charge on any atom is -0.213 e. The molecular formula is C10H10ClNO2S. The van der Waals surface area contributed by atoms with Crippen LogP contribution in [-0.2, 0) is 10.0 Å². The van der Waals surface area contributed by atoms with Gasteiger partial charge in [0.05, 0.1) is 12.8 Å². The van der Waals surface area contributed by atoms with Gasteiger partial charge in [0.25, 0.3) is 0 Å². The van der Waals surface area contributed by atoms with Crippen LogP contribution in [0.15, 0.2) is 24.3 Å². The third kappa shape index (κ3) is 5.43. The van der Waals surface area contributed by atoms with Crippen molar-refractivity contribution in [1.29, 1.82) is 0 Å². The van der Waals surface area contributed by atoms with E-state index in [0.717, 1.165) is 11.8 Å². The lowest BCUT2D eigenvalue weighted by atomic mass is 10.2. The molecule has 0 amide bonds. The SMILES string of the molecule is CS(=O)(=O)NCC#Cc1cccc(Cl)c1. The number of nitrogens with one attached hydrogen (secondary N) is 1. The third-order valence-electron chi connectivity index (χ3n) is 1.48. The van der Waals surface area contributed by atoms with Gasteiger partial charge in [0.1, 0.15) is 0 Å². The van der Waals surface area contributed by atoms with Gasteiger partial charge < -0.3 is 0 Å². The number of sulfonamides is 1. The zero-order valence-corrected chi connectivity index (χ0v) is 9.69. The largest absolute Gasteiger partial charge is 0.213 e. The summed E-state index contributed by atoms with van der Waals surface area (Å²) in [6.45, 7) is 0.103. The quantitative estimate of drug-likeness (QED) is 0.795. The highest BCUT2D eigenvalue weighted by atomic mass is 35.5. The van der Waals surface area contributed by atoms with Crippen LogP contribution in [0.4, 0.5) is 0 Å². The Morgan fingerprint density at radius 3 is 2.80 bits per heavy atom. The van der Waals surface area contributed by atoms with Crippen LogP contribution in [0, 0.1) is 11.8 Å². The van der Waals surface area contributed by atoms with Crippen molar-refractivity contribution in [3.8, 4) is 11.8 Å². The number of halogens is 1. The van der Waals surface area contributed by atoms with E-state index in [4.69, 9.17) is 11.6 Å². The maximum Gasteiger partial charge on any atom is 0.209 e. The summed E-state index contributed by atoms with van der Waals surface area (Å²) < 4.78 is 23.7. The van der Waals surface area contributed by atoms with Gasteiger partial charge in [-0.2, -0.15) is 0 Å². The van der Waals surface area contributed by atoms with Gasteiger partial charge in [-0.3, -0.25) is 0 Å². The molecule has 0 aromatic heterocycles. The summed E-state index contributed by atoms with van der Waals surface area (Å²) in [6, 6.07) is 7.06. The van der Waals surface area contributed by atoms with Crippen molar-refractivity contribution in [3.63, 3.8) is 0 Å². The van der Waals surface area contributed by atoms with Crippen molar-refractivity contribution in [2.24, 2.45) is 0 Å². The second kappa shape index (κ2) is 5.17. The Labute approximate surface area is 94.5 Å². The van der Waals surface area contributed by atoms with E-state index >= 15 is 0 Å². The number of rotatable bonds is 2. The second-order valence-electron chi connectivity index (χ2n) is 2.91. The lowest BCUT2D eigenvalue weighted by Gasteiger charge is -1.93. The van der Waals surface area contributed by atoms with Crippen LogP contribution >= 0.6 is 11.6 Å². The molecule has 15 heavy (non-hydrogen) atoms. The summed E-state index contributed by atoms with van der Waals surface area (Å²) in [4.78, 5) is 0. The van der Waals surface area contributed by atoms with Gasteiger partial charge in [-0.15, -0.1) is 0 Å². The Balaban J connectivity index is 2.59. The van der Waals surface area contributed by atoms with E-state index in [0.29, 0.717) is 5.02 Å². The summed E-state index contributed by atoms with van der Waals surface area (Å²) in [7, 11) is -3.17. The lowest BCUT2D eigenvalue weighted by Crippen LogP contribution is -2.21. The van der Waals surface area contributed by atoms with Crippen LogP contribution < -0.4 is 4.72 Å². The molecule has 0 saturated carbocycles. The van der Waals surface area contributed by atoms with Crippen molar-refractivity contribution in [2.45, 2.75) is 0 Å². The van der Waals surface area contributed by atoms with E-state index in [1.165, 1.54) is 0 Å². The van der Waals surface area contributed by atoms with Crippen LogP contribution in [-0.4, -0.2) is 21.2 Å². The predicted octanol–water partition coefficient (Wildman–Crippen LogP) is 1.24. The zero-order valence-electron chi connectivity index (χ0n) is 8.12. The van der Waals surface area contributed by atoms with Crippen LogP contribution in [0.5, 0.6) is 0 Å². The van der Waals surface area contributed by atoms with Crippen LogP contribution in [0.1, 0.15) is 5.56 Å². The van der Waals surface area contributed by atoms with E-state index in [2.05, 4.69) is 16.6 Å². The number of benzene rings is 1. The molecule has 0 aliphatic rings. The average Bonchev–Trinajstić information content (AvgIpc) is 2.11. The van der Waals surface area contributed by atoms with Crippen LogP contribution in [0.3, 0.4) is 0 Å². The minimum atomic E-state index is -3.17. The van der Waals surface area contributed by atoms with E-state index in [9.17, 15) is 8.42 Å². The van der Waals surface area contributed by atoms with Gasteiger partial charge in [0.15, 0.2) is 0 Å². The smallest absolute Gasteiger partial charge is 0.209 e. The molecule has 80 valence electrons. The Kier molecular flexibility index (Phi) is 4.15. The van der Waals surface area contributed by atoms with Crippen molar-refractivity contribution >= 4 is 21.6 Å². The molecule has 0 aliphatic carbocycles. The summed E-state index contributed by atoms with van der Waals surface area (Å²) >= 11 is 5.75. The molecule has 1 aromatic carbocycles. The van der Waals surface area contributed by atoms with Crippen molar-refractivity contribution in [1.82, 2.24) is 4.72 Å². The summed E-state index contributed by atoms with van der Waals surface area (Å²) in [5.74, 6) is 5.48. The molecule has 1 N–H and O–H groups in total. The molecule has 3 nitrogen and oxygen atoms in total. The second-order valence-corrected chi connectivity index (χ2v) is 5.17. The minimum absolute atomic E-state index is 0.103. The molecule has 5 heteroatoms. The third-order valence-corrected chi connectivity index (χ3v) is 2.38. The fourth-order valence-electron chi connectivity index (χ4n) is 0.880. The highest BCUT2D eigenvalue weighted by Gasteiger charge is 1.95. The first-order valence-corrected chi connectivity index (χ1v) is 6.43. The zero-order chi connectivity index (χ0) is 11.3. The van der Waals surface area contributed by atoms with Crippen molar-refractivity contribution in [2.75, 3.05) is 12.8 Å². The van der Waals surface area contributed by atoms with E-state index in [1.54, 1.807) is 24.3 Å². The highest BCUT2D eigenvalue weighted by molar-refractivity contribution is 7.88. The Hall–Kier alpha value is -1.02. The van der Waals surface area contributed by atoms with E-state index in [-0.39, 0.29) is 6.54 Å². The van der Waals surface area contributed by atoms with Crippen molar-refractivity contribution < 1.29 is 8.42 Å². The normalized spacial score (nSPS) is 10.5. The highest BCUT2D eigenvalue weighted by Crippen LogP contribution is 2.08. The van der Waals surface area contributed by atoms with Crippen molar-refractivity contribution in [3.05, 3.63) is 34.9 Å². The monoisotopic (exact) mass is 243 g/mol. The molecule has 0 fully saturated rings. The predicted molar refractivity (Wildman–Crippen MR) is 61.2 cm³/mol. The Morgan fingerprint density at radius 1 is 1.47 bits per heavy atom. The Morgan fingerprint density at radius 2 is 2.20 bits per heavy atom. The molecule has 0 atom stereocenters. The van der Waals surface area contributed by atoms with Gasteiger partial charge >= 0.3 is 0 Å². The summed E-state index contributed by atoms with van der Waals surface area (Å²) in [5.41, 5.74) is 0.762. The molecule has 0 saturated heterocycles. The lowest BCUT2D eigenvalue weighted by molar-refractivity contribution is 0.592. The topological polar surface area (TPSA) is 46.2 Å². The molecule has 0 spiro atoms. The van der Waals surface area contributed by atoms with Gasteiger partial charge in [-0.05, 0) is 18.2 Å². The van der Waals surface area contributed by atoms with Gasteiger partial charge in [0.2, 0.25) is 10.0 Å². The van der Waals surface area contributed by atoms with Crippen LogP contribution in [0.25, 0.3) is 0 Å². The molecule has 0 heterocycles. The van der Waals surface area contributed by atoms with Gasteiger partial charge in [-0.1, -0.05) is 29.5 Å². The molecular weight excluding hydrogens is 234 g/mol. The number of hydrogen-bond donors (Lipinski definition) is 1. The van der Waals surface area contributed by atoms with E-state index < -0.39 is 10.0 Å². The van der Waals surface area contributed by atoms with E-state index in [1.807, 2.05) is 0 Å². The maximum absolute atomic E-state index is 10.7. The molecule has 1 rings (SSSR count). The summed E-state index contributed by atoms with van der Waals surface area (Å²) in [5, 5.41) is 0.609. The molecule has 0 bridgehead atoms. The summed E-state index contributed by atoms with van der Waals surface area (Å²) in [6.07, 6.45) is 1.09. The number of hydrogen-bond acceptors (Lipinski definition) is 2. The molecule has 0 unspecified atom stereocenters.